The van der Waals surface area contributed by atoms with Crippen LogP contribution in [0.3, 0.4) is 0 Å². The van der Waals surface area contributed by atoms with Crippen molar-refractivity contribution in [1.82, 2.24) is 4.90 Å². The van der Waals surface area contributed by atoms with Crippen molar-refractivity contribution in [3.8, 4) is 16.9 Å². The SMILES string of the molecule is CCOC(=O)C(=CNc1ccc(OC2CCN(C(=O)OCC3c4ccccc4-c4ccccc43)CC2)cc1)C(=O)OCC. The predicted octanol–water partition coefficient (Wildman–Crippen LogP) is 5.90. The third-order valence-electron chi connectivity index (χ3n) is 7.57. The average molecular weight is 585 g/mol. The van der Waals surface area contributed by atoms with E-state index >= 15 is 0 Å². The zero-order chi connectivity index (χ0) is 30.2. The van der Waals surface area contributed by atoms with E-state index in [1.807, 2.05) is 36.4 Å². The maximum atomic E-state index is 12.9. The summed E-state index contributed by atoms with van der Waals surface area (Å²) in [4.78, 5) is 38.9. The molecular formula is C34H36N2O7. The molecule has 0 saturated carbocycles. The summed E-state index contributed by atoms with van der Waals surface area (Å²) in [6.45, 7) is 5.03. The Morgan fingerprint density at radius 2 is 1.35 bits per heavy atom. The number of benzene rings is 3. The fourth-order valence-corrected chi connectivity index (χ4v) is 5.44. The molecule has 1 aliphatic carbocycles. The summed E-state index contributed by atoms with van der Waals surface area (Å²) in [5.41, 5.74) is 5.24. The van der Waals surface area contributed by atoms with E-state index < -0.39 is 11.9 Å². The van der Waals surface area contributed by atoms with Gasteiger partial charge < -0.3 is 29.2 Å². The lowest BCUT2D eigenvalue weighted by atomic mass is 9.98. The molecule has 9 heteroatoms. The van der Waals surface area contributed by atoms with Crippen LogP contribution < -0.4 is 10.1 Å². The summed E-state index contributed by atoms with van der Waals surface area (Å²) >= 11 is 0. The molecule has 43 heavy (non-hydrogen) atoms. The Morgan fingerprint density at radius 1 is 0.791 bits per heavy atom. The quantitative estimate of drug-likeness (QED) is 0.103. The van der Waals surface area contributed by atoms with Gasteiger partial charge in [-0.2, -0.15) is 0 Å². The number of nitrogens with one attached hydrogen (secondary N) is 1. The number of carbonyl (C=O) groups is 3. The summed E-state index contributed by atoms with van der Waals surface area (Å²) in [6, 6.07) is 23.8. The number of ether oxygens (including phenoxy) is 4. The Labute approximate surface area is 251 Å². The highest BCUT2D eigenvalue weighted by Gasteiger charge is 2.31. The van der Waals surface area contributed by atoms with Crippen LogP contribution in [0.5, 0.6) is 5.75 Å². The highest BCUT2D eigenvalue weighted by Crippen LogP contribution is 2.44. The standard InChI is InChI=1S/C34H36N2O7/c1-3-40-32(37)30(33(38)41-4-2)21-35-23-13-15-24(16-14-23)43-25-17-19-36(20-18-25)34(39)42-22-31-28-11-7-5-9-26(28)27-10-6-8-12-29(27)31/h5-16,21,25,31,35H,3-4,17-20,22H2,1-2H3. The van der Waals surface area contributed by atoms with Gasteiger partial charge in [0.2, 0.25) is 0 Å². The predicted molar refractivity (Wildman–Crippen MR) is 162 cm³/mol. The number of piperidine rings is 1. The second kappa shape index (κ2) is 13.9. The van der Waals surface area contributed by atoms with Crippen LogP contribution in [0.15, 0.2) is 84.6 Å². The molecule has 1 heterocycles. The highest BCUT2D eigenvalue weighted by molar-refractivity contribution is 6.14. The molecule has 1 amide bonds. The molecule has 1 fully saturated rings. The number of esters is 2. The first-order chi connectivity index (χ1) is 21.0. The fourth-order valence-electron chi connectivity index (χ4n) is 5.44. The van der Waals surface area contributed by atoms with Crippen molar-refractivity contribution >= 4 is 23.7 Å². The number of hydrogen-bond donors (Lipinski definition) is 1. The number of hydrogen-bond acceptors (Lipinski definition) is 8. The molecule has 0 aromatic heterocycles. The Hall–Kier alpha value is -4.79. The Kier molecular flexibility index (Phi) is 9.61. The zero-order valence-corrected chi connectivity index (χ0v) is 24.4. The maximum absolute atomic E-state index is 12.9. The maximum Gasteiger partial charge on any atom is 0.409 e. The molecule has 0 spiro atoms. The van der Waals surface area contributed by atoms with Gasteiger partial charge in [0.25, 0.3) is 0 Å². The fraction of sp³-hybridized carbons (Fsp3) is 0.324. The molecule has 9 nitrogen and oxygen atoms in total. The van der Waals surface area contributed by atoms with Gasteiger partial charge in [0, 0.05) is 43.7 Å². The van der Waals surface area contributed by atoms with E-state index in [9.17, 15) is 14.4 Å². The van der Waals surface area contributed by atoms with Crippen molar-refractivity contribution < 1.29 is 33.3 Å². The topological polar surface area (TPSA) is 103 Å². The van der Waals surface area contributed by atoms with E-state index in [4.69, 9.17) is 18.9 Å². The number of likely N-dealkylation sites (tertiary alicyclic amines) is 1. The van der Waals surface area contributed by atoms with E-state index in [0.29, 0.717) is 44.0 Å². The van der Waals surface area contributed by atoms with E-state index in [-0.39, 0.29) is 36.9 Å². The molecule has 0 atom stereocenters. The van der Waals surface area contributed by atoms with Crippen LogP contribution in [0.2, 0.25) is 0 Å². The first kappa shape index (κ1) is 29.7. The van der Waals surface area contributed by atoms with Crippen LogP contribution in [0.4, 0.5) is 10.5 Å². The van der Waals surface area contributed by atoms with Gasteiger partial charge in [0.15, 0.2) is 5.57 Å². The molecule has 1 saturated heterocycles. The van der Waals surface area contributed by atoms with Crippen LogP contribution in [-0.4, -0.2) is 61.9 Å². The van der Waals surface area contributed by atoms with Crippen LogP contribution in [0, 0.1) is 0 Å². The molecule has 1 aliphatic heterocycles. The largest absolute Gasteiger partial charge is 0.490 e. The molecule has 1 N–H and O–H groups in total. The first-order valence-corrected chi connectivity index (χ1v) is 14.7. The monoisotopic (exact) mass is 584 g/mol. The van der Waals surface area contributed by atoms with Crippen LogP contribution in [0.25, 0.3) is 11.1 Å². The summed E-state index contributed by atoms with van der Waals surface area (Å²) in [6.07, 6.45) is 2.33. The number of amides is 1. The number of nitrogens with zero attached hydrogens (tertiary/aromatic N) is 1. The van der Waals surface area contributed by atoms with Crippen LogP contribution in [0.1, 0.15) is 43.7 Å². The molecule has 2 aliphatic rings. The smallest absolute Gasteiger partial charge is 0.409 e. The Bertz CT molecular complexity index is 1410. The summed E-state index contributed by atoms with van der Waals surface area (Å²) in [5, 5.41) is 2.94. The zero-order valence-electron chi connectivity index (χ0n) is 24.4. The molecule has 0 bridgehead atoms. The number of fused-ring (bicyclic) bond motifs is 3. The molecular weight excluding hydrogens is 548 g/mol. The van der Waals surface area contributed by atoms with Gasteiger partial charge in [-0.3, -0.25) is 0 Å². The molecule has 3 aromatic rings. The second-order valence-corrected chi connectivity index (χ2v) is 10.3. The van der Waals surface area contributed by atoms with Crippen molar-refractivity contribution in [2.45, 2.75) is 38.7 Å². The first-order valence-electron chi connectivity index (χ1n) is 14.7. The normalized spacial score (nSPS) is 14.2. The van der Waals surface area contributed by atoms with Crippen molar-refractivity contribution in [3.63, 3.8) is 0 Å². The van der Waals surface area contributed by atoms with E-state index in [2.05, 4.69) is 29.6 Å². The lowest BCUT2D eigenvalue weighted by molar-refractivity contribution is -0.146. The molecule has 5 rings (SSSR count). The van der Waals surface area contributed by atoms with Gasteiger partial charge in [-0.15, -0.1) is 0 Å². The summed E-state index contributed by atoms with van der Waals surface area (Å²) in [7, 11) is 0. The van der Waals surface area contributed by atoms with Gasteiger partial charge in [-0.25, -0.2) is 14.4 Å². The van der Waals surface area contributed by atoms with Crippen LogP contribution >= 0.6 is 0 Å². The minimum Gasteiger partial charge on any atom is -0.490 e. The number of anilines is 1. The van der Waals surface area contributed by atoms with Gasteiger partial charge in [0.1, 0.15) is 18.5 Å². The molecule has 224 valence electrons. The number of rotatable bonds is 10. The van der Waals surface area contributed by atoms with E-state index in [0.717, 1.165) is 0 Å². The molecule has 0 unspecified atom stereocenters. The molecule has 3 aromatic carbocycles. The van der Waals surface area contributed by atoms with Crippen LogP contribution in [-0.2, 0) is 23.8 Å². The minimum atomic E-state index is -0.752. The highest BCUT2D eigenvalue weighted by atomic mass is 16.6. The molecule has 0 radical (unpaired) electrons. The Morgan fingerprint density at radius 3 is 1.91 bits per heavy atom. The summed E-state index contributed by atoms with van der Waals surface area (Å²) in [5.74, 6) is -0.784. The minimum absolute atomic E-state index is 0.0319. The number of carbonyl (C=O) groups excluding carboxylic acids is 3. The van der Waals surface area contributed by atoms with Crippen molar-refractivity contribution in [2.24, 2.45) is 0 Å². The lowest BCUT2D eigenvalue weighted by Gasteiger charge is -2.31. The van der Waals surface area contributed by atoms with Gasteiger partial charge >= 0.3 is 18.0 Å². The van der Waals surface area contributed by atoms with Gasteiger partial charge in [-0.05, 0) is 60.4 Å². The lowest BCUT2D eigenvalue weighted by Crippen LogP contribution is -2.42. The van der Waals surface area contributed by atoms with Gasteiger partial charge in [0.05, 0.1) is 13.2 Å². The average Bonchev–Trinajstić information content (AvgIpc) is 3.35. The van der Waals surface area contributed by atoms with Crippen molar-refractivity contribution in [2.75, 3.05) is 38.2 Å². The van der Waals surface area contributed by atoms with Gasteiger partial charge in [-0.1, -0.05) is 48.5 Å². The van der Waals surface area contributed by atoms with Crippen molar-refractivity contribution in [1.29, 1.82) is 0 Å². The third kappa shape index (κ3) is 6.99. The second-order valence-electron chi connectivity index (χ2n) is 10.3. The van der Waals surface area contributed by atoms with E-state index in [1.165, 1.54) is 28.5 Å². The van der Waals surface area contributed by atoms with E-state index in [1.54, 1.807) is 30.9 Å². The Balaban J connectivity index is 1.10. The summed E-state index contributed by atoms with van der Waals surface area (Å²) < 4.78 is 21.9. The third-order valence-corrected chi connectivity index (χ3v) is 7.57. The van der Waals surface area contributed by atoms with Crippen molar-refractivity contribution in [3.05, 3.63) is 95.7 Å².